The van der Waals surface area contributed by atoms with Crippen LogP contribution in [0.5, 0.6) is 0 Å². The number of carboxylic acid groups (broad SMARTS) is 1. The average Bonchev–Trinajstić information content (AvgIpc) is 2.44. The van der Waals surface area contributed by atoms with Crippen molar-refractivity contribution in [2.24, 2.45) is 7.05 Å². The maximum atomic E-state index is 10.7. The highest BCUT2D eigenvalue weighted by molar-refractivity contribution is 5.87. The molecule has 2 rings (SSSR count). The van der Waals surface area contributed by atoms with Gasteiger partial charge in [-0.05, 0) is 12.5 Å². The third-order valence-electron chi connectivity index (χ3n) is 2.46. The summed E-state index contributed by atoms with van der Waals surface area (Å²) in [5, 5.41) is 13.9. The largest absolute Gasteiger partial charge is 0.481 e. The van der Waals surface area contributed by atoms with E-state index in [1.54, 1.807) is 4.68 Å². The number of hydrogen-bond donors (Lipinski definition) is 1. The highest BCUT2D eigenvalue weighted by atomic mass is 16.4. The number of nitrogens with zero attached hydrogens (tertiary/aromatic N) is 2. The fourth-order valence-corrected chi connectivity index (χ4v) is 1.88. The molecule has 78 valence electrons. The van der Waals surface area contributed by atoms with E-state index in [1.807, 2.05) is 32.2 Å². The summed E-state index contributed by atoms with van der Waals surface area (Å²) in [5.41, 5.74) is 2.75. The predicted octanol–water partition coefficient (Wildman–Crippen LogP) is 1.51. The number of carboxylic acids is 1. The van der Waals surface area contributed by atoms with Gasteiger partial charge in [-0.3, -0.25) is 9.48 Å². The molecular weight excluding hydrogens is 192 g/mol. The zero-order valence-electron chi connectivity index (χ0n) is 8.69. The fraction of sp³-hybridized carbons (Fsp3) is 0.273. The van der Waals surface area contributed by atoms with Crippen molar-refractivity contribution < 1.29 is 9.90 Å². The Labute approximate surface area is 87.1 Å². The van der Waals surface area contributed by atoms with Gasteiger partial charge in [-0.15, -0.1) is 0 Å². The highest BCUT2D eigenvalue weighted by Gasteiger charge is 2.12. The standard InChI is InChI=1S/C11H12N2O2/c1-7-4-3-5-8-9(6-10(14)15)12-13(2)11(7)8/h3-5H,6H2,1-2H3,(H,14,15). The molecule has 0 aliphatic carbocycles. The highest BCUT2D eigenvalue weighted by Crippen LogP contribution is 2.21. The summed E-state index contributed by atoms with van der Waals surface area (Å²) in [5.74, 6) is -0.850. The van der Waals surface area contributed by atoms with Crippen LogP contribution in [0.3, 0.4) is 0 Å². The normalized spacial score (nSPS) is 10.8. The molecule has 0 fully saturated rings. The van der Waals surface area contributed by atoms with E-state index in [0.29, 0.717) is 5.69 Å². The van der Waals surface area contributed by atoms with Crippen molar-refractivity contribution in [2.45, 2.75) is 13.3 Å². The number of carbonyl (C=O) groups is 1. The predicted molar refractivity (Wildman–Crippen MR) is 56.8 cm³/mol. The number of hydrogen-bond acceptors (Lipinski definition) is 2. The second-order valence-corrected chi connectivity index (χ2v) is 3.61. The molecule has 0 saturated carbocycles. The van der Waals surface area contributed by atoms with Crippen molar-refractivity contribution in [2.75, 3.05) is 0 Å². The maximum Gasteiger partial charge on any atom is 0.309 e. The maximum absolute atomic E-state index is 10.7. The van der Waals surface area contributed by atoms with Crippen molar-refractivity contribution in [3.8, 4) is 0 Å². The van der Waals surface area contributed by atoms with Crippen molar-refractivity contribution in [3.05, 3.63) is 29.5 Å². The molecule has 15 heavy (non-hydrogen) atoms. The lowest BCUT2D eigenvalue weighted by molar-refractivity contribution is -0.136. The number of rotatable bonds is 2. The smallest absolute Gasteiger partial charge is 0.309 e. The summed E-state index contributed by atoms with van der Waals surface area (Å²) in [6.07, 6.45) is -0.0270. The third-order valence-corrected chi connectivity index (χ3v) is 2.46. The van der Waals surface area contributed by atoms with Gasteiger partial charge in [0.05, 0.1) is 17.6 Å². The Morgan fingerprint density at radius 1 is 1.53 bits per heavy atom. The van der Waals surface area contributed by atoms with Gasteiger partial charge in [0, 0.05) is 12.4 Å². The van der Waals surface area contributed by atoms with Crippen LogP contribution < -0.4 is 0 Å². The third kappa shape index (κ3) is 1.58. The first kappa shape index (κ1) is 9.71. The molecular formula is C11H12N2O2. The van der Waals surface area contributed by atoms with Gasteiger partial charge in [0.15, 0.2) is 0 Å². The number of aryl methyl sites for hydroxylation is 2. The molecule has 0 unspecified atom stereocenters. The molecule has 1 aromatic heterocycles. The second-order valence-electron chi connectivity index (χ2n) is 3.61. The lowest BCUT2D eigenvalue weighted by atomic mass is 10.1. The van der Waals surface area contributed by atoms with Gasteiger partial charge in [-0.2, -0.15) is 5.10 Å². The van der Waals surface area contributed by atoms with E-state index in [0.717, 1.165) is 16.5 Å². The fourth-order valence-electron chi connectivity index (χ4n) is 1.88. The van der Waals surface area contributed by atoms with E-state index in [1.165, 1.54) is 0 Å². The van der Waals surface area contributed by atoms with E-state index >= 15 is 0 Å². The average molecular weight is 204 g/mol. The first-order valence-corrected chi connectivity index (χ1v) is 4.72. The molecule has 0 aliphatic rings. The molecule has 1 heterocycles. The van der Waals surface area contributed by atoms with Crippen LogP contribution in [0.1, 0.15) is 11.3 Å². The summed E-state index contributed by atoms with van der Waals surface area (Å²) < 4.78 is 1.74. The Bertz CT molecular complexity index is 529. The zero-order valence-corrected chi connectivity index (χ0v) is 8.69. The molecule has 0 atom stereocenters. The minimum absolute atomic E-state index is 0.0270. The number of para-hydroxylation sites is 1. The Balaban J connectivity index is 2.68. The lowest BCUT2D eigenvalue weighted by Gasteiger charge is -1.97. The molecule has 0 saturated heterocycles. The molecule has 0 radical (unpaired) electrons. The number of fused-ring (bicyclic) bond motifs is 1. The van der Waals surface area contributed by atoms with E-state index in [-0.39, 0.29) is 6.42 Å². The molecule has 0 amide bonds. The molecule has 1 N–H and O–H groups in total. The summed E-state index contributed by atoms with van der Waals surface area (Å²) >= 11 is 0. The molecule has 0 spiro atoms. The number of benzene rings is 1. The Kier molecular flexibility index (Phi) is 2.19. The lowest BCUT2D eigenvalue weighted by Crippen LogP contribution is -2.01. The summed E-state index contributed by atoms with van der Waals surface area (Å²) in [6.45, 7) is 1.99. The SMILES string of the molecule is Cc1cccc2c(CC(=O)O)nn(C)c12. The quantitative estimate of drug-likeness (QED) is 0.806. The molecule has 1 aromatic carbocycles. The topological polar surface area (TPSA) is 55.1 Å². The molecule has 0 bridgehead atoms. The van der Waals surface area contributed by atoms with Crippen molar-refractivity contribution >= 4 is 16.9 Å². The van der Waals surface area contributed by atoms with Crippen LogP contribution in [0.15, 0.2) is 18.2 Å². The minimum Gasteiger partial charge on any atom is -0.481 e. The van der Waals surface area contributed by atoms with Crippen LogP contribution in [-0.4, -0.2) is 20.9 Å². The molecule has 2 aromatic rings. The van der Waals surface area contributed by atoms with E-state index in [9.17, 15) is 4.79 Å². The Morgan fingerprint density at radius 2 is 2.27 bits per heavy atom. The van der Waals surface area contributed by atoms with E-state index in [2.05, 4.69) is 5.10 Å². The summed E-state index contributed by atoms with van der Waals surface area (Å²) in [6, 6.07) is 5.83. The zero-order chi connectivity index (χ0) is 11.0. The van der Waals surface area contributed by atoms with Crippen molar-refractivity contribution in [3.63, 3.8) is 0 Å². The van der Waals surface area contributed by atoms with Crippen LogP contribution in [0.25, 0.3) is 10.9 Å². The van der Waals surface area contributed by atoms with Gasteiger partial charge in [-0.1, -0.05) is 18.2 Å². The molecule has 0 aliphatic heterocycles. The first-order valence-electron chi connectivity index (χ1n) is 4.72. The molecule has 4 nitrogen and oxygen atoms in total. The van der Waals surface area contributed by atoms with Gasteiger partial charge in [-0.25, -0.2) is 0 Å². The Hall–Kier alpha value is -1.84. The van der Waals surface area contributed by atoms with E-state index < -0.39 is 5.97 Å². The summed E-state index contributed by atoms with van der Waals surface area (Å²) in [7, 11) is 1.83. The van der Waals surface area contributed by atoms with Gasteiger partial charge < -0.3 is 5.11 Å². The minimum atomic E-state index is -0.850. The van der Waals surface area contributed by atoms with Crippen LogP contribution >= 0.6 is 0 Å². The van der Waals surface area contributed by atoms with Gasteiger partial charge in [0.25, 0.3) is 0 Å². The van der Waals surface area contributed by atoms with Crippen LogP contribution in [0, 0.1) is 6.92 Å². The van der Waals surface area contributed by atoms with Crippen molar-refractivity contribution in [1.82, 2.24) is 9.78 Å². The van der Waals surface area contributed by atoms with E-state index in [4.69, 9.17) is 5.11 Å². The number of aliphatic carboxylic acids is 1. The van der Waals surface area contributed by atoms with Crippen molar-refractivity contribution in [1.29, 1.82) is 0 Å². The number of aromatic nitrogens is 2. The molecule has 4 heteroatoms. The van der Waals surface area contributed by atoms with Crippen LogP contribution in [0.2, 0.25) is 0 Å². The first-order chi connectivity index (χ1) is 7.09. The second kappa shape index (κ2) is 3.38. The van der Waals surface area contributed by atoms with Gasteiger partial charge in [0.2, 0.25) is 0 Å². The summed E-state index contributed by atoms with van der Waals surface area (Å²) in [4.78, 5) is 10.7. The van der Waals surface area contributed by atoms with Crippen LogP contribution in [0.4, 0.5) is 0 Å². The Morgan fingerprint density at radius 3 is 2.93 bits per heavy atom. The van der Waals surface area contributed by atoms with Gasteiger partial charge >= 0.3 is 5.97 Å². The van der Waals surface area contributed by atoms with Gasteiger partial charge in [0.1, 0.15) is 0 Å². The monoisotopic (exact) mass is 204 g/mol. The van der Waals surface area contributed by atoms with Crippen LogP contribution in [-0.2, 0) is 18.3 Å².